The maximum atomic E-state index is 12.5. The average Bonchev–Trinajstić information content (AvgIpc) is 1.86. The Labute approximate surface area is 64.9 Å². The monoisotopic (exact) mass is 155 g/mol. The van der Waals surface area contributed by atoms with Crippen molar-refractivity contribution in [3.63, 3.8) is 0 Å². The van der Waals surface area contributed by atoms with Gasteiger partial charge in [-0.1, -0.05) is 29.8 Å². The minimum Gasteiger partial charge on any atom is -0.201 e. The summed E-state index contributed by atoms with van der Waals surface area (Å²) in [4.78, 5) is 0. The highest BCUT2D eigenvalue weighted by Crippen LogP contribution is 2.25. The molecule has 0 amide bonds. The second kappa shape index (κ2) is 2.61. The first-order valence-corrected chi connectivity index (χ1v) is 3.30. The first-order valence-electron chi connectivity index (χ1n) is 3.30. The number of benzene rings is 1. The van der Waals surface area contributed by atoms with Crippen molar-refractivity contribution in [2.24, 2.45) is 0 Å². The molecule has 0 nitrogen and oxygen atoms in total. The molecule has 0 aliphatic rings. The minimum absolute atomic E-state index is 0.0388. The fourth-order valence-corrected chi connectivity index (χ4v) is 0.797. The zero-order valence-electron chi connectivity index (χ0n) is 6.27. The normalized spacial score (nSPS) is 11.6. The molecule has 0 unspecified atom stereocenters. The molecule has 11 heavy (non-hydrogen) atoms. The average molecular weight is 155 g/mol. The lowest BCUT2D eigenvalue weighted by atomic mass is 10.1. The summed E-state index contributed by atoms with van der Waals surface area (Å²) >= 11 is 0. The van der Waals surface area contributed by atoms with Crippen molar-refractivity contribution in [2.45, 2.75) is 12.8 Å². The van der Waals surface area contributed by atoms with Crippen LogP contribution in [0.5, 0.6) is 0 Å². The second-order valence-electron chi connectivity index (χ2n) is 2.57. The molecule has 0 saturated carbocycles. The van der Waals surface area contributed by atoms with E-state index < -0.39 is 5.92 Å². The molecule has 1 radical (unpaired) electrons. The first kappa shape index (κ1) is 8.18. The molecule has 0 aliphatic carbocycles. The van der Waals surface area contributed by atoms with Crippen molar-refractivity contribution in [3.8, 4) is 0 Å². The fourth-order valence-electron chi connectivity index (χ4n) is 0.797. The van der Waals surface area contributed by atoms with Gasteiger partial charge in [-0.15, -0.1) is 0 Å². The summed E-state index contributed by atoms with van der Waals surface area (Å²) in [6, 6.07) is 6.08. The molecular formula is C9H9F2. The number of alkyl halides is 2. The van der Waals surface area contributed by atoms with E-state index in [0.29, 0.717) is 0 Å². The van der Waals surface area contributed by atoms with Crippen molar-refractivity contribution >= 4 is 0 Å². The van der Waals surface area contributed by atoms with Crippen LogP contribution in [0.15, 0.2) is 24.3 Å². The Bertz CT molecular complexity index is 231. The molecule has 0 fully saturated rings. The number of hydrogen-bond acceptors (Lipinski definition) is 0. The molecule has 1 rings (SSSR count). The van der Waals surface area contributed by atoms with Crippen LogP contribution in [-0.2, 0) is 5.92 Å². The van der Waals surface area contributed by atoms with Crippen LogP contribution in [0.1, 0.15) is 11.1 Å². The summed E-state index contributed by atoms with van der Waals surface area (Å²) in [6.07, 6.45) is 0. The summed E-state index contributed by atoms with van der Waals surface area (Å²) in [5.41, 5.74) is 0.932. The lowest BCUT2D eigenvalue weighted by Gasteiger charge is -2.09. The van der Waals surface area contributed by atoms with E-state index in [9.17, 15) is 8.78 Å². The predicted molar refractivity (Wildman–Crippen MR) is 40.4 cm³/mol. The van der Waals surface area contributed by atoms with Gasteiger partial charge in [-0.3, -0.25) is 0 Å². The molecular weight excluding hydrogens is 146 g/mol. The Kier molecular flexibility index (Phi) is 1.94. The van der Waals surface area contributed by atoms with Gasteiger partial charge in [0.15, 0.2) is 0 Å². The van der Waals surface area contributed by atoms with Gasteiger partial charge in [-0.05, 0) is 6.92 Å². The van der Waals surface area contributed by atoms with Crippen molar-refractivity contribution in [2.75, 3.05) is 0 Å². The van der Waals surface area contributed by atoms with Crippen LogP contribution in [0.25, 0.3) is 0 Å². The van der Waals surface area contributed by atoms with Crippen molar-refractivity contribution in [1.29, 1.82) is 0 Å². The van der Waals surface area contributed by atoms with E-state index >= 15 is 0 Å². The maximum absolute atomic E-state index is 12.5. The van der Waals surface area contributed by atoms with Crippen molar-refractivity contribution in [1.82, 2.24) is 0 Å². The minimum atomic E-state index is -2.96. The third-order valence-electron chi connectivity index (χ3n) is 1.47. The van der Waals surface area contributed by atoms with Crippen LogP contribution in [0.3, 0.4) is 0 Å². The standard InChI is InChI=1S/C9H9F2/c1-7-3-5-8(6-4-7)9(2,10)11/h3-6H,2H2,1H3. The SMILES string of the molecule is [CH2]C(F)(F)c1ccc(C)cc1. The summed E-state index contributed by atoms with van der Waals surface area (Å²) in [7, 11) is 0. The molecule has 1 aromatic carbocycles. The van der Waals surface area contributed by atoms with Gasteiger partial charge >= 0.3 is 0 Å². The zero-order chi connectivity index (χ0) is 8.48. The number of halogens is 2. The van der Waals surface area contributed by atoms with Crippen LogP contribution in [0.4, 0.5) is 8.78 Å². The maximum Gasteiger partial charge on any atom is 0.273 e. The molecule has 59 valence electrons. The predicted octanol–water partition coefficient (Wildman–Crippen LogP) is 2.92. The Hall–Kier alpha value is -0.920. The van der Waals surface area contributed by atoms with E-state index in [1.54, 1.807) is 12.1 Å². The van der Waals surface area contributed by atoms with Gasteiger partial charge in [-0.2, -0.15) is 0 Å². The van der Waals surface area contributed by atoms with Crippen molar-refractivity contribution in [3.05, 3.63) is 42.3 Å². The Morgan fingerprint density at radius 2 is 1.64 bits per heavy atom. The van der Waals surface area contributed by atoms with E-state index in [-0.39, 0.29) is 5.56 Å². The van der Waals surface area contributed by atoms with E-state index in [1.807, 2.05) is 6.92 Å². The van der Waals surface area contributed by atoms with Gasteiger partial charge < -0.3 is 0 Å². The van der Waals surface area contributed by atoms with Crippen molar-refractivity contribution < 1.29 is 8.78 Å². The van der Waals surface area contributed by atoms with E-state index in [2.05, 4.69) is 6.92 Å². The summed E-state index contributed by atoms with van der Waals surface area (Å²) in [5.74, 6) is -2.96. The third kappa shape index (κ3) is 2.00. The largest absolute Gasteiger partial charge is 0.273 e. The molecule has 0 aromatic heterocycles. The number of hydrogen-bond donors (Lipinski definition) is 0. The second-order valence-corrected chi connectivity index (χ2v) is 2.57. The van der Waals surface area contributed by atoms with Gasteiger partial charge in [-0.25, -0.2) is 8.78 Å². The van der Waals surface area contributed by atoms with Gasteiger partial charge in [0, 0.05) is 12.5 Å². The zero-order valence-corrected chi connectivity index (χ0v) is 6.27. The van der Waals surface area contributed by atoms with Crippen LogP contribution in [0.2, 0.25) is 0 Å². The Balaban J connectivity index is 2.99. The highest BCUT2D eigenvalue weighted by molar-refractivity contribution is 5.25. The molecule has 0 bridgehead atoms. The van der Waals surface area contributed by atoms with Crippen LogP contribution < -0.4 is 0 Å². The fraction of sp³-hybridized carbons (Fsp3) is 0.222. The first-order chi connectivity index (χ1) is 5.00. The molecule has 0 atom stereocenters. The molecule has 0 spiro atoms. The Morgan fingerprint density at radius 3 is 2.00 bits per heavy atom. The molecule has 0 N–H and O–H groups in total. The summed E-state index contributed by atoms with van der Waals surface area (Å²) in [5, 5.41) is 0. The smallest absolute Gasteiger partial charge is 0.201 e. The van der Waals surface area contributed by atoms with E-state index in [0.717, 1.165) is 5.56 Å². The van der Waals surface area contributed by atoms with Gasteiger partial charge in [0.25, 0.3) is 5.92 Å². The highest BCUT2D eigenvalue weighted by Gasteiger charge is 2.23. The number of rotatable bonds is 1. The molecule has 0 aliphatic heterocycles. The summed E-state index contributed by atoms with van der Waals surface area (Å²) in [6.45, 7) is 4.59. The number of aryl methyl sites for hydroxylation is 1. The molecule has 1 aromatic rings. The topological polar surface area (TPSA) is 0 Å². The lowest BCUT2D eigenvalue weighted by molar-refractivity contribution is 0.0486. The van der Waals surface area contributed by atoms with Gasteiger partial charge in [0.05, 0.1) is 0 Å². The quantitative estimate of drug-likeness (QED) is 0.585. The van der Waals surface area contributed by atoms with Crippen LogP contribution in [0, 0.1) is 13.8 Å². The van der Waals surface area contributed by atoms with Gasteiger partial charge in [0.1, 0.15) is 0 Å². The Morgan fingerprint density at radius 1 is 1.18 bits per heavy atom. The summed E-state index contributed by atoms with van der Waals surface area (Å²) < 4.78 is 25.0. The van der Waals surface area contributed by atoms with E-state index in [4.69, 9.17) is 0 Å². The highest BCUT2D eigenvalue weighted by atomic mass is 19.3. The van der Waals surface area contributed by atoms with E-state index in [1.165, 1.54) is 12.1 Å². The van der Waals surface area contributed by atoms with Gasteiger partial charge in [0.2, 0.25) is 0 Å². The molecule has 0 heterocycles. The molecule has 0 saturated heterocycles. The third-order valence-corrected chi connectivity index (χ3v) is 1.47. The van der Waals surface area contributed by atoms with Crippen LogP contribution in [-0.4, -0.2) is 0 Å². The lowest BCUT2D eigenvalue weighted by Crippen LogP contribution is -2.06. The van der Waals surface area contributed by atoms with Crippen LogP contribution >= 0.6 is 0 Å². The molecule has 2 heteroatoms.